The molecule has 0 aliphatic heterocycles. The summed E-state index contributed by atoms with van der Waals surface area (Å²) in [6, 6.07) is 4.33. The Hall–Kier alpha value is -0.450. The molecule has 1 atom stereocenters. The smallest absolute Gasteiger partial charge is 0.128 e. The molecule has 88 valence electrons. The summed E-state index contributed by atoms with van der Waals surface area (Å²) in [4.78, 5) is 0. The van der Waals surface area contributed by atoms with Gasteiger partial charge in [-0.25, -0.2) is 4.39 Å². The molecular formula is C12H15BrFNO. The Morgan fingerprint density at radius 1 is 1.50 bits per heavy atom. The standard InChI is InChI=1S/C12H15BrFNO/c13-8-2-3-10(14)9(6-8)11(15)12(7-16)4-1-5-12/h2-3,6,11,16H,1,4-5,7,15H2. The number of benzene rings is 1. The van der Waals surface area contributed by atoms with Gasteiger partial charge in [0.15, 0.2) is 0 Å². The van der Waals surface area contributed by atoms with Crippen LogP contribution in [-0.4, -0.2) is 11.7 Å². The molecule has 1 aliphatic rings. The zero-order chi connectivity index (χ0) is 11.8. The largest absolute Gasteiger partial charge is 0.396 e. The number of hydrogen-bond acceptors (Lipinski definition) is 2. The van der Waals surface area contributed by atoms with E-state index in [2.05, 4.69) is 15.9 Å². The predicted molar refractivity (Wildman–Crippen MR) is 64.4 cm³/mol. The molecule has 16 heavy (non-hydrogen) atoms. The van der Waals surface area contributed by atoms with Gasteiger partial charge in [-0.1, -0.05) is 22.4 Å². The SMILES string of the molecule is NC(c1cc(Br)ccc1F)C1(CO)CCC1. The van der Waals surface area contributed by atoms with Gasteiger partial charge in [-0.2, -0.15) is 0 Å². The maximum Gasteiger partial charge on any atom is 0.128 e. The zero-order valence-electron chi connectivity index (χ0n) is 8.92. The van der Waals surface area contributed by atoms with Crippen molar-refractivity contribution in [3.63, 3.8) is 0 Å². The minimum absolute atomic E-state index is 0.0279. The highest BCUT2D eigenvalue weighted by Gasteiger charge is 2.43. The van der Waals surface area contributed by atoms with Crippen molar-refractivity contribution in [2.75, 3.05) is 6.61 Å². The number of rotatable bonds is 3. The van der Waals surface area contributed by atoms with Gasteiger partial charge in [-0.05, 0) is 31.0 Å². The van der Waals surface area contributed by atoms with Crippen LogP contribution in [0.25, 0.3) is 0 Å². The molecule has 1 unspecified atom stereocenters. The monoisotopic (exact) mass is 287 g/mol. The van der Waals surface area contributed by atoms with Gasteiger partial charge in [0.2, 0.25) is 0 Å². The Kier molecular flexibility index (Phi) is 3.33. The lowest BCUT2D eigenvalue weighted by atomic mass is 9.63. The van der Waals surface area contributed by atoms with E-state index in [1.54, 1.807) is 12.1 Å². The third kappa shape index (κ3) is 1.90. The van der Waals surface area contributed by atoms with E-state index in [9.17, 15) is 9.50 Å². The van der Waals surface area contributed by atoms with Crippen LogP contribution in [0.5, 0.6) is 0 Å². The van der Waals surface area contributed by atoms with E-state index >= 15 is 0 Å². The number of nitrogens with two attached hydrogens (primary N) is 1. The Labute approximate surface area is 103 Å². The molecule has 0 aromatic heterocycles. The lowest BCUT2D eigenvalue weighted by Gasteiger charge is -2.45. The molecule has 1 aromatic carbocycles. The van der Waals surface area contributed by atoms with E-state index in [4.69, 9.17) is 5.73 Å². The first-order chi connectivity index (χ1) is 7.59. The highest BCUT2D eigenvalue weighted by Crippen LogP contribution is 2.49. The van der Waals surface area contributed by atoms with Crippen molar-refractivity contribution in [1.29, 1.82) is 0 Å². The van der Waals surface area contributed by atoms with E-state index in [0.29, 0.717) is 5.56 Å². The lowest BCUT2D eigenvalue weighted by molar-refractivity contribution is 0.0174. The van der Waals surface area contributed by atoms with Gasteiger partial charge in [0, 0.05) is 21.5 Å². The fourth-order valence-corrected chi connectivity index (χ4v) is 2.66. The number of aliphatic hydroxyl groups excluding tert-OH is 1. The van der Waals surface area contributed by atoms with Gasteiger partial charge in [0.1, 0.15) is 5.82 Å². The highest BCUT2D eigenvalue weighted by molar-refractivity contribution is 9.10. The minimum Gasteiger partial charge on any atom is -0.396 e. The van der Waals surface area contributed by atoms with Crippen LogP contribution in [0.4, 0.5) is 4.39 Å². The fraction of sp³-hybridized carbons (Fsp3) is 0.500. The van der Waals surface area contributed by atoms with Crippen molar-refractivity contribution in [2.45, 2.75) is 25.3 Å². The van der Waals surface area contributed by atoms with Gasteiger partial charge >= 0.3 is 0 Å². The molecule has 1 fully saturated rings. The van der Waals surface area contributed by atoms with Gasteiger partial charge in [0.05, 0.1) is 6.61 Å². The predicted octanol–water partition coefficient (Wildman–Crippen LogP) is 2.75. The van der Waals surface area contributed by atoms with Crippen molar-refractivity contribution in [2.24, 2.45) is 11.1 Å². The summed E-state index contributed by atoms with van der Waals surface area (Å²) in [6.07, 6.45) is 2.80. The van der Waals surface area contributed by atoms with Crippen molar-refractivity contribution in [3.05, 3.63) is 34.1 Å². The van der Waals surface area contributed by atoms with Gasteiger partial charge in [0.25, 0.3) is 0 Å². The van der Waals surface area contributed by atoms with E-state index in [1.165, 1.54) is 6.07 Å². The third-order valence-electron chi connectivity index (χ3n) is 3.62. The van der Waals surface area contributed by atoms with Crippen LogP contribution in [-0.2, 0) is 0 Å². The normalized spacial score (nSPS) is 20.2. The van der Waals surface area contributed by atoms with Gasteiger partial charge in [-0.3, -0.25) is 0 Å². The van der Waals surface area contributed by atoms with Gasteiger partial charge in [-0.15, -0.1) is 0 Å². The molecule has 0 saturated heterocycles. The molecule has 1 aliphatic carbocycles. The first kappa shape index (κ1) is 12.0. The van der Waals surface area contributed by atoms with E-state index in [-0.39, 0.29) is 17.8 Å². The maximum absolute atomic E-state index is 13.7. The Bertz CT molecular complexity index is 387. The van der Waals surface area contributed by atoms with Crippen LogP contribution in [0, 0.1) is 11.2 Å². The summed E-state index contributed by atoms with van der Waals surface area (Å²) in [5, 5.41) is 9.41. The van der Waals surface area contributed by atoms with Crippen molar-refractivity contribution in [3.8, 4) is 0 Å². The summed E-state index contributed by atoms with van der Waals surface area (Å²) in [5.74, 6) is -0.296. The van der Waals surface area contributed by atoms with Crippen LogP contribution < -0.4 is 5.73 Å². The second-order valence-corrected chi connectivity index (χ2v) is 5.43. The molecule has 0 heterocycles. The van der Waals surface area contributed by atoms with Crippen LogP contribution in [0.1, 0.15) is 30.9 Å². The highest BCUT2D eigenvalue weighted by atomic mass is 79.9. The maximum atomic E-state index is 13.7. The molecule has 0 radical (unpaired) electrons. The first-order valence-electron chi connectivity index (χ1n) is 5.40. The average Bonchev–Trinajstić information content (AvgIpc) is 2.21. The minimum atomic E-state index is -0.427. The fourth-order valence-electron chi connectivity index (χ4n) is 2.28. The molecule has 2 rings (SSSR count). The van der Waals surface area contributed by atoms with Crippen LogP contribution in [0.3, 0.4) is 0 Å². The van der Waals surface area contributed by atoms with Crippen LogP contribution in [0.2, 0.25) is 0 Å². The quantitative estimate of drug-likeness (QED) is 0.898. The topological polar surface area (TPSA) is 46.2 Å². The zero-order valence-corrected chi connectivity index (χ0v) is 10.5. The molecule has 4 heteroatoms. The number of aliphatic hydroxyl groups is 1. The Morgan fingerprint density at radius 2 is 2.19 bits per heavy atom. The summed E-state index contributed by atoms with van der Waals surface area (Å²) >= 11 is 3.31. The molecule has 0 amide bonds. The lowest BCUT2D eigenvalue weighted by Crippen LogP contribution is -2.43. The molecule has 3 N–H and O–H groups in total. The molecular weight excluding hydrogens is 273 g/mol. The number of hydrogen-bond donors (Lipinski definition) is 2. The Balaban J connectivity index is 2.32. The molecule has 1 saturated carbocycles. The van der Waals surface area contributed by atoms with Crippen LogP contribution in [0.15, 0.2) is 22.7 Å². The molecule has 2 nitrogen and oxygen atoms in total. The number of halogens is 2. The second kappa shape index (κ2) is 4.43. The van der Waals surface area contributed by atoms with E-state index in [1.807, 2.05) is 0 Å². The molecule has 1 aromatic rings. The average molecular weight is 288 g/mol. The third-order valence-corrected chi connectivity index (χ3v) is 4.11. The molecule has 0 spiro atoms. The molecule has 0 bridgehead atoms. The summed E-state index contributed by atoms with van der Waals surface area (Å²) in [7, 11) is 0. The second-order valence-electron chi connectivity index (χ2n) is 4.52. The summed E-state index contributed by atoms with van der Waals surface area (Å²) in [6.45, 7) is 0.0279. The Morgan fingerprint density at radius 3 is 2.69 bits per heavy atom. The van der Waals surface area contributed by atoms with Gasteiger partial charge < -0.3 is 10.8 Å². The summed E-state index contributed by atoms with van der Waals surface area (Å²) in [5.41, 5.74) is 6.27. The van der Waals surface area contributed by atoms with Crippen molar-refractivity contribution >= 4 is 15.9 Å². The van der Waals surface area contributed by atoms with Crippen molar-refractivity contribution in [1.82, 2.24) is 0 Å². The van der Waals surface area contributed by atoms with Crippen LogP contribution >= 0.6 is 15.9 Å². The van der Waals surface area contributed by atoms with E-state index < -0.39 is 6.04 Å². The summed E-state index contributed by atoms with van der Waals surface area (Å²) < 4.78 is 14.5. The van der Waals surface area contributed by atoms with E-state index in [0.717, 1.165) is 23.7 Å². The van der Waals surface area contributed by atoms with Crippen molar-refractivity contribution < 1.29 is 9.50 Å². The first-order valence-corrected chi connectivity index (χ1v) is 6.20.